The second-order valence-corrected chi connectivity index (χ2v) is 5.20. The number of carbonyl (C=O) groups excluding carboxylic acids is 1. The lowest BCUT2D eigenvalue weighted by Crippen LogP contribution is -2.37. The lowest BCUT2D eigenvalue weighted by molar-refractivity contribution is 0.0677. The Morgan fingerprint density at radius 3 is 2.50 bits per heavy atom. The predicted molar refractivity (Wildman–Crippen MR) is 81.1 cm³/mol. The van der Waals surface area contributed by atoms with Crippen LogP contribution in [0.15, 0.2) is 24.3 Å². The molecule has 1 aromatic carbocycles. The van der Waals surface area contributed by atoms with Gasteiger partial charge < -0.3 is 14.9 Å². The van der Waals surface area contributed by atoms with Crippen molar-refractivity contribution in [1.82, 2.24) is 4.90 Å². The molecule has 0 aromatic heterocycles. The molecule has 110 valence electrons. The average Bonchev–Trinajstić information content (AvgIpc) is 2.97. The third-order valence-corrected chi connectivity index (χ3v) is 4.09. The van der Waals surface area contributed by atoms with Crippen LogP contribution < -0.4 is 4.90 Å². The molecule has 1 saturated heterocycles. The predicted octanol–water partition coefficient (Wildman–Crippen LogP) is 2.13. The minimum Gasteiger partial charge on any atom is -0.394 e. The zero-order valence-electron chi connectivity index (χ0n) is 12.4. The lowest BCUT2D eigenvalue weighted by atomic mass is 10.1. The molecule has 4 heteroatoms. The van der Waals surface area contributed by atoms with Crippen LogP contribution in [0.25, 0.3) is 0 Å². The van der Waals surface area contributed by atoms with Gasteiger partial charge in [-0.15, -0.1) is 0 Å². The second-order valence-electron chi connectivity index (χ2n) is 5.20. The van der Waals surface area contributed by atoms with Gasteiger partial charge in [0.05, 0.1) is 12.6 Å². The molecule has 1 aliphatic rings. The number of hydrogen-bond acceptors (Lipinski definition) is 3. The highest BCUT2D eigenvalue weighted by molar-refractivity contribution is 5.95. The normalized spacial score (nSPS) is 18.4. The molecule has 1 amide bonds. The summed E-state index contributed by atoms with van der Waals surface area (Å²) in [5.74, 6) is 0.0349. The Balaban J connectivity index is 2.11. The van der Waals surface area contributed by atoms with Crippen molar-refractivity contribution >= 4 is 11.6 Å². The number of anilines is 1. The number of likely N-dealkylation sites (tertiary alicyclic amines) is 1. The zero-order chi connectivity index (χ0) is 14.5. The van der Waals surface area contributed by atoms with E-state index in [1.807, 2.05) is 24.3 Å². The molecular formula is C16H24N2O2. The van der Waals surface area contributed by atoms with Crippen molar-refractivity contribution in [2.24, 2.45) is 0 Å². The first kappa shape index (κ1) is 14.9. The van der Waals surface area contributed by atoms with Crippen molar-refractivity contribution in [2.75, 3.05) is 31.1 Å². The number of amides is 1. The van der Waals surface area contributed by atoms with E-state index in [-0.39, 0.29) is 18.6 Å². The first-order chi connectivity index (χ1) is 9.71. The largest absolute Gasteiger partial charge is 0.394 e. The van der Waals surface area contributed by atoms with Gasteiger partial charge in [-0.2, -0.15) is 0 Å². The van der Waals surface area contributed by atoms with E-state index in [4.69, 9.17) is 0 Å². The number of aliphatic hydroxyl groups excluding tert-OH is 1. The fourth-order valence-electron chi connectivity index (χ4n) is 2.86. The maximum absolute atomic E-state index is 12.4. The Kier molecular flexibility index (Phi) is 5.01. The smallest absolute Gasteiger partial charge is 0.254 e. The van der Waals surface area contributed by atoms with Crippen LogP contribution in [-0.4, -0.2) is 48.2 Å². The Morgan fingerprint density at radius 1 is 1.30 bits per heavy atom. The van der Waals surface area contributed by atoms with Gasteiger partial charge >= 0.3 is 0 Å². The minimum atomic E-state index is -0.00930. The monoisotopic (exact) mass is 276 g/mol. The van der Waals surface area contributed by atoms with Crippen molar-refractivity contribution in [2.45, 2.75) is 32.7 Å². The average molecular weight is 276 g/mol. The van der Waals surface area contributed by atoms with Gasteiger partial charge in [-0.05, 0) is 51.0 Å². The first-order valence-electron chi connectivity index (χ1n) is 7.48. The molecule has 0 bridgehead atoms. The fourth-order valence-corrected chi connectivity index (χ4v) is 2.86. The molecular weight excluding hydrogens is 252 g/mol. The van der Waals surface area contributed by atoms with Gasteiger partial charge in [-0.25, -0.2) is 0 Å². The van der Waals surface area contributed by atoms with E-state index >= 15 is 0 Å². The lowest BCUT2D eigenvalue weighted by Gasteiger charge is -2.24. The number of carbonyl (C=O) groups is 1. The van der Waals surface area contributed by atoms with Crippen LogP contribution in [0.4, 0.5) is 5.69 Å². The van der Waals surface area contributed by atoms with Gasteiger partial charge in [0.1, 0.15) is 0 Å². The SMILES string of the molecule is CCN(CC)c1ccc(C(=O)N2CCC[C@H]2CO)cc1. The molecule has 20 heavy (non-hydrogen) atoms. The molecule has 1 heterocycles. The summed E-state index contributed by atoms with van der Waals surface area (Å²) in [6.45, 7) is 6.98. The van der Waals surface area contributed by atoms with Gasteiger partial charge in [0.25, 0.3) is 5.91 Å². The highest BCUT2D eigenvalue weighted by Crippen LogP contribution is 2.21. The van der Waals surface area contributed by atoms with Crippen LogP contribution in [0.2, 0.25) is 0 Å². The number of nitrogens with zero attached hydrogens (tertiary/aromatic N) is 2. The summed E-state index contributed by atoms with van der Waals surface area (Å²) in [5.41, 5.74) is 1.85. The summed E-state index contributed by atoms with van der Waals surface area (Å²) in [4.78, 5) is 16.5. The second kappa shape index (κ2) is 6.75. The van der Waals surface area contributed by atoms with E-state index in [0.717, 1.165) is 38.2 Å². The first-order valence-corrected chi connectivity index (χ1v) is 7.48. The van der Waals surface area contributed by atoms with Gasteiger partial charge in [0, 0.05) is 30.9 Å². The standard InChI is InChI=1S/C16H24N2O2/c1-3-17(4-2)14-9-7-13(8-10-14)16(20)18-11-5-6-15(18)12-19/h7-10,15,19H,3-6,11-12H2,1-2H3/t15-/m0/s1. The Morgan fingerprint density at radius 2 is 1.95 bits per heavy atom. The van der Waals surface area contributed by atoms with Crippen molar-refractivity contribution in [3.8, 4) is 0 Å². The molecule has 0 unspecified atom stereocenters. The highest BCUT2D eigenvalue weighted by Gasteiger charge is 2.28. The van der Waals surface area contributed by atoms with E-state index in [9.17, 15) is 9.90 Å². The summed E-state index contributed by atoms with van der Waals surface area (Å²) in [6, 6.07) is 7.78. The summed E-state index contributed by atoms with van der Waals surface area (Å²) in [5, 5.41) is 9.31. The third kappa shape index (κ3) is 2.96. The van der Waals surface area contributed by atoms with E-state index in [2.05, 4.69) is 18.7 Å². The Hall–Kier alpha value is -1.55. The topological polar surface area (TPSA) is 43.8 Å². The molecule has 0 radical (unpaired) electrons. The van der Waals surface area contributed by atoms with Crippen LogP contribution in [0.1, 0.15) is 37.0 Å². The van der Waals surface area contributed by atoms with Crippen LogP contribution in [0, 0.1) is 0 Å². The molecule has 2 rings (SSSR count). The summed E-state index contributed by atoms with van der Waals surface area (Å²) in [7, 11) is 0. The summed E-state index contributed by atoms with van der Waals surface area (Å²) >= 11 is 0. The fraction of sp³-hybridized carbons (Fsp3) is 0.562. The number of rotatable bonds is 5. The van der Waals surface area contributed by atoms with E-state index in [0.29, 0.717) is 5.56 Å². The maximum Gasteiger partial charge on any atom is 0.254 e. The van der Waals surface area contributed by atoms with Gasteiger partial charge in [-0.3, -0.25) is 4.79 Å². The molecule has 0 aliphatic carbocycles. The number of aliphatic hydroxyl groups is 1. The van der Waals surface area contributed by atoms with E-state index in [1.165, 1.54) is 0 Å². The molecule has 4 nitrogen and oxygen atoms in total. The van der Waals surface area contributed by atoms with E-state index < -0.39 is 0 Å². The molecule has 1 aromatic rings. The quantitative estimate of drug-likeness (QED) is 0.896. The summed E-state index contributed by atoms with van der Waals surface area (Å²) in [6.07, 6.45) is 1.88. The molecule has 0 saturated carbocycles. The highest BCUT2D eigenvalue weighted by atomic mass is 16.3. The third-order valence-electron chi connectivity index (χ3n) is 4.09. The number of hydrogen-bond donors (Lipinski definition) is 1. The van der Waals surface area contributed by atoms with Crippen LogP contribution in [0.5, 0.6) is 0 Å². The minimum absolute atomic E-state index is 0.00930. The van der Waals surface area contributed by atoms with Crippen molar-refractivity contribution in [3.63, 3.8) is 0 Å². The van der Waals surface area contributed by atoms with Crippen LogP contribution >= 0.6 is 0 Å². The maximum atomic E-state index is 12.4. The molecule has 1 atom stereocenters. The Bertz CT molecular complexity index is 440. The van der Waals surface area contributed by atoms with Crippen molar-refractivity contribution < 1.29 is 9.90 Å². The van der Waals surface area contributed by atoms with E-state index in [1.54, 1.807) is 4.90 Å². The van der Waals surface area contributed by atoms with Gasteiger partial charge in [-0.1, -0.05) is 0 Å². The van der Waals surface area contributed by atoms with Crippen LogP contribution in [0.3, 0.4) is 0 Å². The Labute approximate surface area is 121 Å². The molecule has 0 spiro atoms. The van der Waals surface area contributed by atoms with Crippen LogP contribution in [-0.2, 0) is 0 Å². The summed E-state index contributed by atoms with van der Waals surface area (Å²) < 4.78 is 0. The van der Waals surface area contributed by atoms with Gasteiger partial charge in [0.2, 0.25) is 0 Å². The zero-order valence-corrected chi connectivity index (χ0v) is 12.4. The van der Waals surface area contributed by atoms with Crippen molar-refractivity contribution in [1.29, 1.82) is 0 Å². The van der Waals surface area contributed by atoms with Gasteiger partial charge in [0.15, 0.2) is 0 Å². The van der Waals surface area contributed by atoms with Crippen molar-refractivity contribution in [3.05, 3.63) is 29.8 Å². The molecule has 1 aliphatic heterocycles. The number of benzene rings is 1. The molecule has 1 N–H and O–H groups in total. The molecule has 1 fully saturated rings.